The van der Waals surface area contributed by atoms with Crippen LogP contribution in [0.15, 0.2) is 54.6 Å². The maximum atomic E-state index is 12.6. The maximum Gasteiger partial charge on any atom is 0.231 e. The number of methoxy groups -OCH3 is 1. The van der Waals surface area contributed by atoms with Gasteiger partial charge in [0.1, 0.15) is 5.75 Å². The van der Waals surface area contributed by atoms with E-state index in [4.69, 9.17) is 27.9 Å². The van der Waals surface area contributed by atoms with Gasteiger partial charge in [0.15, 0.2) is 0 Å². The molecule has 0 fully saturated rings. The first kappa shape index (κ1) is 17.6. The van der Waals surface area contributed by atoms with E-state index in [0.717, 1.165) is 22.1 Å². The maximum absolute atomic E-state index is 12.6. The monoisotopic (exact) mass is 373 g/mol. The second-order valence-electron chi connectivity index (χ2n) is 5.78. The number of hydrogen-bond acceptors (Lipinski definition) is 2. The lowest BCUT2D eigenvalue weighted by molar-refractivity contribution is -0.117. The summed E-state index contributed by atoms with van der Waals surface area (Å²) < 4.78 is 5.24. The van der Waals surface area contributed by atoms with Crippen molar-refractivity contribution in [3.63, 3.8) is 0 Å². The summed E-state index contributed by atoms with van der Waals surface area (Å²) in [4.78, 5) is 12.6. The Bertz CT molecular complexity index is 920. The van der Waals surface area contributed by atoms with Crippen molar-refractivity contribution in [2.75, 3.05) is 12.4 Å². The SMILES string of the molecule is COc1ccc2cc(C(C)C(=O)Nc3c(Cl)cccc3Cl)ccc2c1. The number of rotatable bonds is 4. The predicted molar refractivity (Wildman–Crippen MR) is 104 cm³/mol. The normalized spacial score (nSPS) is 12.0. The molecule has 1 amide bonds. The topological polar surface area (TPSA) is 38.3 Å². The smallest absolute Gasteiger partial charge is 0.231 e. The number of fused-ring (bicyclic) bond motifs is 1. The third-order valence-electron chi connectivity index (χ3n) is 4.18. The van der Waals surface area contributed by atoms with Crippen LogP contribution in [0.5, 0.6) is 5.75 Å². The van der Waals surface area contributed by atoms with Crippen molar-refractivity contribution in [1.82, 2.24) is 0 Å². The molecule has 3 nitrogen and oxygen atoms in total. The van der Waals surface area contributed by atoms with Gasteiger partial charge < -0.3 is 10.1 Å². The molecule has 0 heterocycles. The van der Waals surface area contributed by atoms with Crippen LogP contribution in [0.1, 0.15) is 18.4 Å². The van der Waals surface area contributed by atoms with E-state index in [1.807, 2.05) is 43.3 Å². The molecule has 25 heavy (non-hydrogen) atoms. The minimum Gasteiger partial charge on any atom is -0.497 e. The number of hydrogen-bond donors (Lipinski definition) is 1. The van der Waals surface area contributed by atoms with E-state index in [1.165, 1.54) is 0 Å². The van der Waals surface area contributed by atoms with Gasteiger partial charge in [-0.05, 0) is 47.5 Å². The molecule has 0 aromatic heterocycles. The number of amides is 1. The molecule has 0 radical (unpaired) electrons. The molecule has 1 N–H and O–H groups in total. The van der Waals surface area contributed by atoms with Gasteiger partial charge in [-0.3, -0.25) is 4.79 Å². The lowest BCUT2D eigenvalue weighted by Gasteiger charge is -2.15. The first-order valence-corrected chi connectivity index (χ1v) is 8.58. The summed E-state index contributed by atoms with van der Waals surface area (Å²) in [6.07, 6.45) is 0. The van der Waals surface area contributed by atoms with Crippen LogP contribution in [-0.2, 0) is 4.79 Å². The third kappa shape index (κ3) is 3.73. The number of carbonyl (C=O) groups excluding carboxylic acids is 1. The van der Waals surface area contributed by atoms with Crippen LogP contribution in [0, 0.1) is 0 Å². The number of benzene rings is 3. The van der Waals surface area contributed by atoms with Gasteiger partial charge in [-0.25, -0.2) is 0 Å². The van der Waals surface area contributed by atoms with Crippen molar-refractivity contribution in [1.29, 1.82) is 0 Å². The Labute approximate surface area is 156 Å². The molecule has 1 unspecified atom stereocenters. The molecule has 0 aliphatic heterocycles. The number of halogens is 2. The standard InChI is InChI=1S/C20H17Cl2NO2/c1-12(20(24)23-19-17(21)4-3-5-18(19)22)13-6-7-15-11-16(25-2)9-8-14(15)10-13/h3-12H,1-2H3,(H,23,24). The largest absolute Gasteiger partial charge is 0.497 e. The number of carbonyl (C=O) groups is 1. The highest BCUT2D eigenvalue weighted by molar-refractivity contribution is 6.39. The first-order chi connectivity index (χ1) is 12.0. The van der Waals surface area contributed by atoms with Crippen LogP contribution >= 0.6 is 23.2 Å². The molecule has 0 aliphatic rings. The Balaban J connectivity index is 1.85. The predicted octanol–water partition coefficient (Wildman–Crippen LogP) is 5.90. The minimum absolute atomic E-state index is 0.164. The van der Waals surface area contributed by atoms with Gasteiger partial charge in [0.25, 0.3) is 0 Å². The summed E-state index contributed by atoms with van der Waals surface area (Å²) in [5, 5.41) is 5.76. The zero-order chi connectivity index (χ0) is 18.0. The van der Waals surface area contributed by atoms with Gasteiger partial charge in [-0.2, -0.15) is 0 Å². The zero-order valence-electron chi connectivity index (χ0n) is 13.8. The van der Waals surface area contributed by atoms with Gasteiger partial charge in [0.2, 0.25) is 5.91 Å². The molecule has 0 saturated carbocycles. The minimum atomic E-state index is -0.348. The van der Waals surface area contributed by atoms with Gasteiger partial charge in [-0.1, -0.05) is 53.5 Å². The van der Waals surface area contributed by atoms with Gasteiger partial charge in [0, 0.05) is 0 Å². The average molecular weight is 374 g/mol. The highest BCUT2D eigenvalue weighted by Gasteiger charge is 2.18. The van der Waals surface area contributed by atoms with E-state index in [2.05, 4.69) is 5.32 Å². The summed E-state index contributed by atoms with van der Waals surface area (Å²) >= 11 is 12.2. The van der Waals surface area contributed by atoms with Crippen molar-refractivity contribution in [2.24, 2.45) is 0 Å². The Morgan fingerprint density at radius 1 is 1.00 bits per heavy atom. The van der Waals surface area contributed by atoms with Crippen molar-refractivity contribution >= 4 is 45.6 Å². The number of anilines is 1. The van der Waals surface area contributed by atoms with E-state index in [1.54, 1.807) is 25.3 Å². The molecule has 3 aromatic rings. The van der Waals surface area contributed by atoms with Crippen molar-refractivity contribution < 1.29 is 9.53 Å². The molecule has 3 aromatic carbocycles. The van der Waals surface area contributed by atoms with E-state index in [0.29, 0.717) is 15.7 Å². The quantitative estimate of drug-likeness (QED) is 0.618. The Hall–Kier alpha value is -2.23. The molecule has 3 rings (SSSR count). The molecule has 128 valence electrons. The van der Waals surface area contributed by atoms with Crippen LogP contribution in [0.2, 0.25) is 10.0 Å². The molecule has 0 bridgehead atoms. The highest BCUT2D eigenvalue weighted by Crippen LogP contribution is 2.31. The lowest BCUT2D eigenvalue weighted by atomic mass is 9.97. The van der Waals surface area contributed by atoms with Crippen molar-refractivity contribution in [2.45, 2.75) is 12.8 Å². The van der Waals surface area contributed by atoms with Crippen LogP contribution < -0.4 is 10.1 Å². The van der Waals surface area contributed by atoms with Crippen molar-refractivity contribution in [3.05, 3.63) is 70.2 Å². The Kier molecular flexibility index (Phi) is 5.16. The summed E-state index contributed by atoms with van der Waals surface area (Å²) in [6, 6.07) is 16.9. The summed E-state index contributed by atoms with van der Waals surface area (Å²) in [7, 11) is 1.64. The fourth-order valence-electron chi connectivity index (χ4n) is 2.64. The molecule has 0 spiro atoms. The number of nitrogens with one attached hydrogen (secondary N) is 1. The number of para-hydroxylation sites is 1. The second-order valence-corrected chi connectivity index (χ2v) is 6.59. The van der Waals surface area contributed by atoms with Crippen LogP contribution in [0.4, 0.5) is 5.69 Å². The van der Waals surface area contributed by atoms with Crippen molar-refractivity contribution in [3.8, 4) is 5.75 Å². The van der Waals surface area contributed by atoms with E-state index >= 15 is 0 Å². The Morgan fingerprint density at radius 3 is 2.32 bits per heavy atom. The lowest BCUT2D eigenvalue weighted by Crippen LogP contribution is -2.19. The molecule has 0 saturated heterocycles. The molecule has 5 heteroatoms. The molecule has 1 atom stereocenters. The molecule has 0 aliphatic carbocycles. The highest BCUT2D eigenvalue weighted by atomic mass is 35.5. The van der Waals surface area contributed by atoms with E-state index in [9.17, 15) is 4.79 Å². The first-order valence-electron chi connectivity index (χ1n) is 7.82. The molecular weight excluding hydrogens is 357 g/mol. The second kappa shape index (κ2) is 7.34. The van der Waals surface area contributed by atoms with Crippen LogP contribution in [-0.4, -0.2) is 13.0 Å². The summed E-state index contributed by atoms with van der Waals surface area (Å²) in [5.41, 5.74) is 1.35. The zero-order valence-corrected chi connectivity index (χ0v) is 15.4. The number of ether oxygens (including phenoxy) is 1. The van der Waals surface area contributed by atoms with Crippen LogP contribution in [0.25, 0.3) is 10.8 Å². The fraction of sp³-hybridized carbons (Fsp3) is 0.150. The van der Waals surface area contributed by atoms with Gasteiger partial charge >= 0.3 is 0 Å². The fourth-order valence-corrected chi connectivity index (χ4v) is 3.13. The average Bonchev–Trinajstić information content (AvgIpc) is 2.63. The molecular formula is C20H17Cl2NO2. The van der Waals surface area contributed by atoms with E-state index < -0.39 is 0 Å². The van der Waals surface area contributed by atoms with E-state index in [-0.39, 0.29) is 11.8 Å². The summed E-state index contributed by atoms with van der Waals surface area (Å²) in [5.74, 6) is 0.293. The third-order valence-corrected chi connectivity index (χ3v) is 4.81. The van der Waals surface area contributed by atoms with Gasteiger partial charge in [-0.15, -0.1) is 0 Å². The Morgan fingerprint density at radius 2 is 1.64 bits per heavy atom. The van der Waals surface area contributed by atoms with Crippen LogP contribution in [0.3, 0.4) is 0 Å². The summed E-state index contributed by atoms with van der Waals surface area (Å²) in [6.45, 7) is 1.85. The van der Waals surface area contributed by atoms with Gasteiger partial charge in [0.05, 0.1) is 28.8 Å².